The molecule has 2 aliphatic rings. The van der Waals surface area contributed by atoms with Crippen molar-refractivity contribution >= 4 is 39.7 Å². The Hall–Kier alpha value is -5.31. The van der Waals surface area contributed by atoms with Gasteiger partial charge in [0.2, 0.25) is 0 Å². The number of aryl methyl sites for hydroxylation is 3. The molecule has 2 fully saturated rings. The Labute approximate surface area is 280 Å². The van der Waals surface area contributed by atoms with Gasteiger partial charge < -0.3 is 9.88 Å². The first-order valence-corrected chi connectivity index (χ1v) is 17.0. The number of amides is 1. The first kappa shape index (κ1) is 31.0. The van der Waals surface area contributed by atoms with Crippen LogP contribution in [0.2, 0.25) is 0 Å². The molecule has 49 heavy (non-hydrogen) atoms. The fourth-order valence-corrected chi connectivity index (χ4v) is 6.83. The Balaban J connectivity index is 1.15. The van der Waals surface area contributed by atoms with E-state index in [2.05, 4.69) is 24.8 Å². The highest BCUT2D eigenvalue weighted by Gasteiger charge is 2.28. The topological polar surface area (TPSA) is 165 Å². The summed E-state index contributed by atoms with van der Waals surface area (Å²) in [6, 6.07) is 3.51. The Morgan fingerprint density at radius 2 is 1.78 bits per heavy atom. The predicted molar refractivity (Wildman–Crippen MR) is 184 cm³/mol. The number of aromatic nitrogens is 10. The van der Waals surface area contributed by atoms with Crippen LogP contribution in [0.3, 0.4) is 0 Å². The summed E-state index contributed by atoms with van der Waals surface area (Å²) in [6.07, 6.45) is 10.4. The molecule has 0 radical (unpaired) electrons. The second-order valence-electron chi connectivity index (χ2n) is 13.0. The molecule has 1 saturated heterocycles. The van der Waals surface area contributed by atoms with Crippen LogP contribution in [0.4, 0.5) is 5.82 Å². The zero-order valence-corrected chi connectivity index (χ0v) is 27.9. The van der Waals surface area contributed by atoms with Crippen LogP contribution in [0, 0.1) is 13.8 Å². The zero-order valence-electron chi connectivity index (χ0n) is 27.9. The highest BCUT2D eigenvalue weighted by Crippen LogP contribution is 2.30. The standard InChI is InChI=1S/C34H38N12O3/c1-4-12-44-31-27(33(48)46(34(44)49)23-8-7-9-23)40-28(41-31)22-10-11-25(35-17-22)43(16-15-42-13-5-6-14-42)32(47)24-18-36-29-26(39-24)30-38-20(2)21(3)45(30)19-37-29/h10-11,17-19,23H,4-9,12-16H2,1-3H3,(H,40,41). The largest absolute Gasteiger partial charge is 0.333 e. The lowest BCUT2D eigenvalue weighted by Gasteiger charge is -2.27. The number of nitrogens with zero attached hydrogens (tertiary/aromatic N) is 11. The number of anilines is 1. The molecule has 7 heterocycles. The molecule has 1 saturated carbocycles. The fourth-order valence-electron chi connectivity index (χ4n) is 6.83. The van der Waals surface area contributed by atoms with Crippen LogP contribution in [0.15, 0.2) is 40.4 Å². The minimum absolute atomic E-state index is 0.0770. The van der Waals surface area contributed by atoms with Crippen molar-refractivity contribution in [1.29, 1.82) is 0 Å². The number of imidazole rings is 2. The van der Waals surface area contributed by atoms with E-state index < -0.39 is 0 Å². The average Bonchev–Trinajstić information content (AvgIpc) is 3.84. The third-order valence-electron chi connectivity index (χ3n) is 9.94. The first-order valence-electron chi connectivity index (χ1n) is 17.0. The van der Waals surface area contributed by atoms with E-state index in [1.807, 2.05) is 31.2 Å². The molecule has 6 aromatic rings. The molecule has 15 heteroatoms. The molecular weight excluding hydrogens is 624 g/mol. The fraction of sp³-hybridized carbons (Fsp3) is 0.441. The Bertz CT molecular complexity index is 2340. The number of carbonyl (C=O) groups excluding carboxylic acids is 1. The van der Waals surface area contributed by atoms with E-state index in [0.717, 1.165) is 63.0 Å². The number of fused-ring (bicyclic) bond motifs is 4. The van der Waals surface area contributed by atoms with E-state index in [0.29, 0.717) is 64.8 Å². The van der Waals surface area contributed by atoms with Gasteiger partial charge in [-0.25, -0.2) is 34.7 Å². The Kier molecular flexibility index (Phi) is 7.77. The molecular formula is C34H38N12O3. The van der Waals surface area contributed by atoms with Crippen molar-refractivity contribution in [2.24, 2.45) is 0 Å². The average molecular weight is 663 g/mol. The lowest BCUT2D eigenvalue weighted by atomic mass is 9.93. The summed E-state index contributed by atoms with van der Waals surface area (Å²) < 4.78 is 4.84. The van der Waals surface area contributed by atoms with Crippen molar-refractivity contribution in [3.8, 4) is 11.4 Å². The molecule has 6 aromatic heterocycles. The lowest BCUT2D eigenvalue weighted by Crippen LogP contribution is -2.44. The third-order valence-corrected chi connectivity index (χ3v) is 9.94. The third kappa shape index (κ3) is 5.28. The molecule has 1 aliphatic heterocycles. The number of likely N-dealkylation sites (tertiary alicyclic amines) is 1. The highest BCUT2D eigenvalue weighted by atomic mass is 16.2. The molecule has 0 bridgehead atoms. The molecule has 1 N–H and O–H groups in total. The van der Waals surface area contributed by atoms with Crippen molar-refractivity contribution in [3.05, 3.63) is 68.8 Å². The van der Waals surface area contributed by atoms with E-state index in [-0.39, 0.29) is 28.9 Å². The van der Waals surface area contributed by atoms with Gasteiger partial charge in [-0.3, -0.25) is 28.0 Å². The number of rotatable bonds is 9. The summed E-state index contributed by atoms with van der Waals surface area (Å²) in [5, 5.41) is 0. The second-order valence-corrected chi connectivity index (χ2v) is 13.0. The van der Waals surface area contributed by atoms with Crippen LogP contribution in [-0.4, -0.2) is 85.4 Å². The Morgan fingerprint density at radius 1 is 0.959 bits per heavy atom. The summed E-state index contributed by atoms with van der Waals surface area (Å²) in [7, 11) is 0. The minimum atomic E-state index is -0.344. The lowest BCUT2D eigenvalue weighted by molar-refractivity contribution is 0.0978. The van der Waals surface area contributed by atoms with E-state index in [1.54, 1.807) is 28.1 Å². The molecule has 0 atom stereocenters. The summed E-state index contributed by atoms with van der Waals surface area (Å²) in [6.45, 7) is 9.40. The SMILES string of the molecule is CCCn1c(=O)n(C2CCC2)c(=O)c2[nH]c(-c3ccc(N(CCN4CCCC4)C(=O)c4cnc5ncn6c(C)c(C)nc6c5n4)nc3)nc21. The minimum Gasteiger partial charge on any atom is -0.332 e. The van der Waals surface area contributed by atoms with Crippen molar-refractivity contribution in [1.82, 2.24) is 53.3 Å². The number of pyridine rings is 1. The van der Waals surface area contributed by atoms with Gasteiger partial charge in [0.05, 0.1) is 11.9 Å². The van der Waals surface area contributed by atoms with E-state index in [9.17, 15) is 14.4 Å². The smallest absolute Gasteiger partial charge is 0.332 e. The van der Waals surface area contributed by atoms with Crippen LogP contribution < -0.4 is 16.1 Å². The summed E-state index contributed by atoms with van der Waals surface area (Å²) >= 11 is 0. The van der Waals surface area contributed by atoms with Crippen LogP contribution in [-0.2, 0) is 6.54 Å². The molecule has 0 spiro atoms. The molecule has 1 aliphatic carbocycles. The number of carbonyl (C=O) groups is 1. The van der Waals surface area contributed by atoms with Crippen molar-refractivity contribution in [2.45, 2.75) is 71.9 Å². The van der Waals surface area contributed by atoms with Gasteiger partial charge in [0.1, 0.15) is 29.2 Å². The quantitative estimate of drug-likeness (QED) is 0.243. The van der Waals surface area contributed by atoms with E-state index in [1.165, 1.54) is 10.8 Å². The molecule has 8 rings (SSSR count). The molecule has 252 valence electrons. The summed E-state index contributed by atoms with van der Waals surface area (Å²) in [4.78, 5) is 75.9. The second kappa shape index (κ2) is 12.3. The number of aromatic amines is 1. The molecule has 15 nitrogen and oxygen atoms in total. The monoisotopic (exact) mass is 662 g/mol. The molecule has 0 unspecified atom stereocenters. The first-order chi connectivity index (χ1) is 23.8. The summed E-state index contributed by atoms with van der Waals surface area (Å²) in [5.74, 6) is 0.545. The number of nitrogens with one attached hydrogen (secondary N) is 1. The van der Waals surface area contributed by atoms with Gasteiger partial charge in [0.15, 0.2) is 22.5 Å². The maximum absolute atomic E-state index is 14.2. The number of hydrogen-bond donors (Lipinski definition) is 1. The normalized spacial score (nSPS) is 15.5. The zero-order chi connectivity index (χ0) is 33.8. The van der Waals surface area contributed by atoms with Crippen molar-refractivity contribution in [3.63, 3.8) is 0 Å². The predicted octanol–water partition coefficient (Wildman–Crippen LogP) is 3.43. The van der Waals surface area contributed by atoms with Gasteiger partial charge in [-0.2, -0.15) is 0 Å². The van der Waals surface area contributed by atoms with Crippen molar-refractivity contribution < 1.29 is 4.79 Å². The number of hydrogen-bond acceptors (Lipinski definition) is 10. The summed E-state index contributed by atoms with van der Waals surface area (Å²) in [5.41, 5.74) is 4.06. The van der Waals surface area contributed by atoms with Gasteiger partial charge in [-0.1, -0.05) is 6.92 Å². The van der Waals surface area contributed by atoms with Gasteiger partial charge in [-0.05, 0) is 77.6 Å². The van der Waals surface area contributed by atoms with Gasteiger partial charge in [0, 0.05) is 43.1 Å². The van der Waals surface area contributed by atoms with Crippen LogP contribution in [0.1, 0.15) is 73.4 Å². The van der Waals surface area contributed by atoms with Gasteiger partial charge >= 0.3 is 5.69 Å². The van der Waals surface area contributed by atoms with Crippen LogP contribution in [0.5, 0.6) is 0 Å². The van der Waals surface area contributed by atoms with Gasteiger partial charge in [-0.15, -0.1) is 0 Å². The van der Waals surface area contributed by atoms with E-state index >= 15 is 0 Å². The van der Waals surface area contributed by atoms with Gasteiger partial charge in [0.25, 0.3) is 11.5 Å². The van der Waals surface area contributed by atoms with Crippen molar-refractivity contribution in [2.75, 3.05) is 31.1 Å². The number of H-pyrrole nitrogens is 1. The maximum atomic E-state index is 14.2. The Morgan fingerprint density at radius 3 is 2.49 bits per heavy atom. The highest BCUT2D eigenvalue weighted by molar-refractivity contribution is 6.05. The van der Waals surface area contributed by atoms with E-state index in [4.69, 9.17) is 15.0 Å². The van der Waals surface area contributed by atoms with Crippen LogP contribution in [0.25, 0.3) is 39.4 Å². The molecule has 1 amide bonds. The molecule has 0 aromatic carbocycles. The maximum Gasteiger partial charge on any atom is 0.333 e. The van der Waals surface area contributed by atoms with Crippen LogP contribution >= 0.6 is 0 Å².